The first-order valence-corrected chi connectivity index (χ1v) is 11.6. The maximum atomic E-state index is 11.5. The zero-order chi connectivity index (χ0) is 22.3. The highest BCUT2D eigenvalue weighted by Crippen LogP contribution is 2.62. The topological polar surface area (TPSA) is 81.5 Å². The van der Waals surface area contributed by atoms with Crippen molar-refractivity contribution in [3.63, 3.8) is 0 Å². The number of carbonyl (C=O) groups is 1. The van der Waals surface area contributed by atoms with Gasteiger partial charge in [-0.1, -0.05) is 0 Å². The number of esters is 1. The highest BCUT2D eigenvalue weighted by atomic mass is 16.5. The SMILES string of the molecule is CCOC(=O)C=Cc1cnc(-c2cc(C34CC5CC(CC(C5)C3)C4)c(O)cc2OC)nc1. The van der Waals surface area contributed by atoms with Crippen LogP contribution in [0.4, 0.5) is 0 Å². The van der Waals surface area contributed by atoms with Gasteiger partial charge in [-0.25, -0.2) is 14.8 Å². The van der Waals surface area contributed by atoms with Crippen molar-refractivity contribution in [2.24, 2.45) is 17.8 Å². The number of rotatable bonds is 6. The van der Waals surface area contributed by atoms with Gasteiger partial charge in [0.25, 0.3) is 0 Å². The molecule has 4 aliphatic carbocycles. The molecule has 168 valence electrons. The van der Waals surface area contributed by atoms with E-state index in [9.17, 15) is 9.90 Å². The zero-order valence-electron chi connectivity index (χ0n) is 18.7. The van der Waals surface area contributed by atoms with Gasteiger partial charge in [-0.3, -0.25) is 0 Å². The van der Waals surface area contributed by atoms with Crippen molar-refractivity contribution in [1.82, 2.24) is 9.97 Å². The fourth-order valence-electron chi connectivity index (χ4n) is 6.70. The Hall–Kier alpha value is -2.89. The van der Waals surface area contributed by atoms with Gasteiger partial charge in [0.1, 0.15) is 11.5 Å². The molecule has 6 rings (SSSR count). The van der Waals surface area contributed by atoms with Gasteiger partial charge in [0, 0.05) is 35.7 Å². The predicted octanol–water partition coefficient (Wildman–Crippen LogP) is 4.90. The largest absolute Gasteiger partial charge is 0.508 e. The number of aromatic nitrogens is 2. The average molecular weight is 435 g/mol. The van der Waals surface area contributed by atoms with Crippen molar-refractivity contribution in [1.29, 1.82) is 0 Å². The third-order valence-corrected chi connectivity index (χ3v) is 7.54. The lowest BCUT2D eigenvalue weighted by atomic mass is 9.48. The molecule has 0 radical (unpaired) electrons. The van der Waals surface area contributed by atoms with Crippen molar-refractivity contribution in [2.45, 2.75) is 50.9 Å². The number of aromatic hydroxyl groups is 1. The van der Waals surface area contributed by atoms with Crippen LogP contribution in [0, 0.1) is 17.8 Å². The van der Waals surface area contributed by atoms with E-state index in [1.807, 2.05) is 0 Å². The van der Waals surface area contributed by atoms with Crippen molar-refractivity contribution >= 4 is 12.0 Å². The Morgan fingerprint density at radius 3 is 2.31 bits per heavy atom. The standard InChI is InChI=1S/C26H30N2O4/c1-3-32-24(30)5-4-16-14-27-25(28-15-16)20-9-21(22(29)10-23(20)31-2)26-11-17-6-18(12-26)8-19(7-17)13-26/h4-5,9-10,14-15,17-19,29H,3,6-8,11-13H2,1-2H3. The maximum Gasteiger partial charge on any atom is 0.330 e. The van der Waals surface area contributed by atoms with E-state index in [2.05, 4.69) is 16.0 Å². The quantitative estimate of drug-likeness (QED) is 0.514. The lowest BCUT2D eigenvalue weighted by Crippen LogP contribution is -2.48. The summed E-state index contributed by atoms with van der Waals surface area (Å²) in [7, 11) is 1.60. The molecule has 0 spiro atoms. The molecule has 6 heteroatoms. The first kappa shape index (κ1) is 21.0. The van der Waals surface area contributed by atoms with Crippen LogP contribution in [0.3, 0.4) is 0 Å². The van der Waals surface area contributed by atoms with E-state index in [1.54, 1.807) is 38.6 Å². The van der Waals surface area contributed by atoms with E-state index in [0.717, 1.165) is 48.1 Å². The molecular formula is C26H30N2O4. The minimum Gasteiger partial charge on any atom is -0.508 e. The van der Waals surface area contributed by atoms with Crippen molar-refractivity contribution < 1.29 is 19.4 Å². The summed E-state index contributed by atoms with van der Waals surface area (Å²) in [5, 5.41) is 11.0. The Morgan fingerprint density at radius 2 is 1.75 bits per heavy atom. The van der Waals surface area contributed by atoms with Crippen LogP contribution in [0.5, 0.6) is 11.5 Å². The van der Waals surface area contributed by atoms with Gasteiger partial charge in [0.15, 0.2) is 5.82 Å². The van der Waals surface area contributed by atoms with E-state index >= 15 is 0 Å². The molecule has 0 atom stereocenters. The fraction of sp³-hybridized carbons (Fsp3) is 0.500. The number of hydrogen-bond donors (Lipinski definition) is 1. The summed E-state index contributed by atoms with van der Waals surface area (Å²) in [6.45, 7) is 2.11. The van der Waals surface area contributed by atoms with Gasteiger partial charge in [-0.15, -0.1) is 0 Å². The molecular weight excluding hydrogens is 404 g/mol. The molecule has 0 aliphatic heterocycles. The summed E-state index contributed by atoms with van der Waals surface area (Å²) in [4.78, 5) is 20.6. The second kappa shape index (κ2) is 8.23. The maximum absolute atomic E-state index is 11.5. The molecule has 4 fully saturated rings. The highest BCUT2D eigenvalue weighted by Gasteiger charge is 2.52. The second-order valence-corrected chi connectivity index (χ2v) is 9.69. The number of benzene rings is 1. The summed E-state index contributed by atoms with van der Waals surface area (Å²) < 4.78 is 10.5. The molecule has 32 heavy (non-hydrogen) atoms. The van der Waals surface area contributed by atoms with Crippen LogP contribution in [0.2, 0.25) is 0 Å². The van der Waals surface area contributed by atoms with E-state index < -0.39 is 5.97 Å². The van der Waals surface area contributed by atoms with E-state index in [1.165, 1.54) is 25.3 Å². The molecule has 1 N–H and O–H groups in total. The van der Waals surface area contributed by atoms with E-state index in [4.69, 9.17) is 9.47 Å². The summed E-state index contributed by atoms with van der Waals surface area (Å²) in [6, 6.07) is 3.78. The highest BCUT2D eigenvalue weighted by molar-refractivity contribution is 5.86. The Balaban J connectivity index is 1.48. The Morgan fingerprint density at radius 1 is 1.12 bits per heavy atom. The average Bonchev–Trinajstić information content (AvgIpc) is 2.77. The monoisotopic (exact) mass is 434 g/mol. The summed E-state index contributed by atoms with van der Waals surface area (Å²) in [5.74, 6) is 3.39. The van der Waals surface area contributed by atoms with Crippen LogP contribution in [-0.4, -0.2) is 34.8 Å². The van der Waals surface area contributed by atoms with Crippen LogP contribution < -0.4 is 4.74 Å². The summed E-state index contributed by atoms with van der Waals surface area (Å²) in [6.07, 6.45) is 13.9. The molecule has 0 amide bonds. The van der Waals surface area contributed by atoms with Crippen molar-refractivity contribution in [3.8, 4) is 22.9 Å². The Labute approximate surface area is 188 Å². The number of carbonyl (C=O) groups excluding carboxylic acids is 1. The number of hydrogen-bond acceptors (Lipinski definition) is 6. The van der Waals surface area contributed by atoms with Crippen molar-refractivity contribution in [2.75, 3.05) is 13.7 Å². The van der Waals surface area contributed by atoms with Gasteiger partial charge in [0.2, 0.25) is 0 Å². The van der Waals surface area contributed by atoms with Gasteiger partial charge >= 0.3 is 5.97 Å². The first-order valence-electron chi connectivity index (χ1n) is 11.6. The fourth-order valence-corrected chi connectivity index (χ4v) is 6.70. The molecule has 1 heterocycles. The third-order valence-electron chi connectivity index (χ3n) is 7.54. The molecule has 4 bridgehead atoms. The number of methoxy groups -OCH3 is 1. The van der Waals surface area contributed by atoms with Crippen LogP contribution in [-0.2, 0) is 14.9 Å². The van der Waals surface area contributed by atoms with Crippen LogP contribution in [0.15, 0.2) is 30.6 Å². The number of phenols is 1. The second-order valence-electron chi connectivity index (χ2n) is 9.69. The molecule has 1 aromatic carbocycles. The van der Waals surface area contributed by atoms with Crippen LogP contribution in [0.25, 0.3) is 17.5 Å². The van der Waals surface area contributed by atoms with Gasteiger partial charge in [0.05, 0.1) is 19.3 Å². The third kappa shape index (κ3) is 3.76. The Kier molecular flexibility index (Phi) is 5.39. The molecule has 1 aromatic heterocycles. The van der Waals surface area contributed by atoms with Crippen LogP contribution >= 0.6 is 0 Å². The van der Waals surface area contributed by atoms with E-state index in [0.29, 0.717) is 29.5 Å². The molecule has 0 unspecified atom stereocenters. The summed E-state index contributed by atoms with van der Waals surface area (Å²) >= 11 is 0. The Bertz CT molecular complexity index is 1010. The first-order chi connectivity index (χ1) is 15.5. The van der Waals surface area contributed by atoms with Gasteiger partial charge in [-0.05, 0) is 80.8 Å². The molecule has 0 saturated heterocycles. The normalized spacial score (nSPS) is 28.2. The van der Waals surface area contributed by atoms with Crippen LogP contribution in [0.1, 0.15) is 56.6 Å². The molecule has 2 aromatic rings. The lowest BCUT2D eigenvalue weighted by molar-refractivity contribution is -0.137. The minimum absolute atomic E-state index is 0.0577. The number of phenolic OH excluding ortho intramolecular Hbond substituents is 1. The number of nitrogens with zero attached hydrogens (tertiary/aromatic N) is 2. The minimum atomic E-state index is -0.392. The van der Waals surface area contributed by atoms with Gasteiger partial charge < -0.3 is 14.6 Å². The predicted molar refractivity (Wildman–Crippen MR) is 121 cm³/mol. The zero-order valence-corrected chi connectivity index (χ0v) is 18.7. The molecule has 4 aliphatic rings. The lowest BCUT2D eigenvalue weighted by Gasteiger charge is -2.57. The smallest absolute Gasteiger partial charge is 0.330 e. The molecule has 6 nitrogen and oxygen atoms in total. The summed E-state index contributed by atoms with van der Waals surface area (Å²) in [5.41, 5.74) is 2.59. The molecule has 4 saturated carbocycles. The van der Waals surface area contributed by atoms with E-state index in [-0.39, 0.29) is 5.41 Å². The van der Waals surface area contributed by atoms with Crippen molar-refractivity contribution in [3.05, 3.63) is 41.7 Å². The van der Waals surface area contributed by atoms with Gasteiger partial charge in [-0.2, -0.15) is 0 Å². The number of ether oxygens (including phenoxy) is 2.